The van der Waals surface area contributed by atoms with E-state index < -0.39 is 11.9 Å². The first-order valence-corrected chi connectivity index (χ1v) is 1.82. The van der Waals surface area contributed by atoms with Crippen LogP contribution in [0, 0.1) is 0 Å². The zero-order valence-corrected chi connectivity index (χ0v) is 8.55. The van der Waals surface area contributed by atoms with Gasteiger partial charge in [-0.25, -0.2) is 0 Å². The molecule has 0 aliphatic heterocycles. The fraction of sp³-hybridized carbons (Fsp3) is 0.500. The van der Waals surface area contributed by atoms with Gasteiger partial charge in [-0.15, -0.1) is 0 Å². The van der Waals surface area contributed by atoms with E-state index in [2.05, 4.69) is 0 Å². The van der Waals surface area contributed by atoms with Gasteiger partial charge >= 0.3 is 37.7 Å². The van der Waals surface area contributed by atoms with Gasteiger partial charge in [-0.05, 0) is 13.8 Å². The van der Waals surface area contributed by atoms with Crippen LogP contribution in [0.15, 0.2) is 0 Å². The predicted octanol–water partition coefficient (Wildman–Crippen LogP) is -4.52. The minimum atomic E-state index is -1.08. The summed E-state index contributed by atoms with van der Waals surface area (Å²) < 4.78 is 0. The van der Waals surface area contributed by atoms with E-state index in [1.807, 2.05) is 0 Å². The maximum Gasteiger partial charge on any atom is 2.00 e. The van der Waals surface area contributed by atoms with Crippen molar-refractivity contribution >= 4 is 49.7 Å². The second-order valence-electron chi connectivity index (χ2n) is 0.983. The van der Waals surface area contributed by atoms with Gasteiger partial charge in [0.25, 0.3) is 0 Å². The molecule has 0 amide bonds. The molecule has 0 rings (SSSR count). The number of aliphatic carboxylic acids is 2. The van der Waals surface area contributed by atoms with Crippen molar-refractivity contribution in [2.75, 3.05) is 0 Å². The Bertz CT molecular complexity index is 72.6. The van der Waals surface area contributed by atoms with Crippen LogP contribution in [0.5, 0.6) is 0 Å². The molecule has 0 fully saturated rings. The van der Waals surface area contributed by atoms with Gasteiger partial charge in [0.05, 0.1) is 0 Å². The Morgan fingerprint density at radius 3 is 0.909 bits per heavy atom. The van der Waals surface area contributed by atoms with E-state index in [4.69, 9.17) is 19.8 Å². The first kappa shape index (κ1) is 30.4. The van der Waals surface area contributed by atoms with E-state index in [0.29, 0.717) is 0 Å². The van der Waals surface area contributed by atoms with Crippen LogP contribution in [0.25, 0.3) is 0 Å². The van der Waals surface area contributed by atoms with Crippen LogP contribution in [-0.4, -0.2) is 60.6 Å². The van der Waals surface area contributed by atoms with Crippen molar-refractivity contribution in [2.45, 2.75) is 13.8 Å². The zero-order chi connectivity index (χ0) is 7.15. The van der Waals surface area contributed by atoms with E-state index in [1.165, 1.54) is 0 Å². The maximum absolute atomic E-state index is 8.89. The largest absolute Gasteiger partial charge is 2.00 e. The Kier molecular flexibility index (Phi) is 62.1. The van der Waals surface area contributed by atoms with Crippen molar-refractivity contribution in [2.24, 2.45) is 0 Å². The molecule has 0 aromatic rings. The SMILES string of the molecule is CC(=O)[O-].CC(=O)[O-].O.O.[Ca+2]. The number of hydrogen-bond donors (Lipinski definition) is 0. The van der Waals surface area contributed by atoms with Crippen LogP contribution in [0.4, 0.5) is 0 Å². The summed E-state index contributed by atoms with van der Waals surface area (Å²) in [6, 6.07) is 0. The summed E-state index contributed by atoms with van der Waals surface area (Å²) in [5, 5.41) is 17.8. The van der Waals surface area contributed by atoms with Crippen molar-refractivity contribution in [3.63, 3.8) is 0 Å². The summed E-state index contributed by atoms with van der Waals surface area (Å²) >= 11 is 0. The average Bonchev–Trinajstić information content (AvgIpc) is 1.25. The number of rotatable bonds is 0. The molecule has 0 spiro atoms. The molecule has 0 atom stereocenters. The summed E-state index contributed by atoms with van der Waals surface area (Å²) in [6.45, 7) is 1.94. The van der Waals surface area contributed by atoms with E-state index in [-0.39, 0.29) is 48.7 Å². The molecule has 0 saturated heterocycles. The normalized spacial score (nSPS) is 4.55. The molecule has 0 aliphatic carbocycles. The van der Waals surface area contributed by atoms with Gasteiger partial charge in [-0.3, -0.25) is 0 Å². The van der Waals surface area contributed by atoms with Gasteiger partial charge in [0.15, 0.2) is 0 Å². The van der Waals surface area contributed by atoms with Gasteiger partial charge < -0.3 is 30.8 Å². The van der Waals surface area contributed by atoms with E-state index in [0.717, 1.165) is 13.8 Å². The second-order valence-corrected chi connectivity index (χ2v) is 0.983. The standard InChI is InChI=1S/2C2H4O2.Ca.2H2O/c2*1-2(3)4;;;/h2*1H3,(H,3,4);;2*1H2/q;;+2;;/p-2. The van der Waals surface area contributed by atoms with Gasteiger partial charge in [0, 0.05) is 11.9 Å². The van der Waals surface area contributed by atoms with Crippen molar-refractivity contribution in [3.8, 4) is 0 Å². The fourth-order valence-corrected chi connectivity index (χ4v) is 0. The summed E-state index contributed by atoms with van der Waals surface area (Å²) in [5.74, 6) is -2.17. The van der Waals surface area contributed by atoms with Crippen molar-refractivity contribution < 1.29 is 30.8 Å². The maximum atomic E-state index is 8.89. The summed E-state index contributed by atoms with van der Waals surface area (Å²) in [5.41, 5.74) is 0. The molecule has 11 heavy (non-hydrogen) atoms. The fourth-order valence-electron chi connectivity index (χ4n) is 0. The average molecular weight is 194 g/mol. The molecule has 0 aromatic carbocycles. The monoisotopic (exact) mass is 194 g/mol. The molecule has 0 aliphatic rings. The predicted molar refractivity (Wildman–Crippen MR) is 34.3 cm³/mol. The van der Waals surface area contributed by atoms with Crippen molar-refractivity contribution in [3.05, 3.63) is 0 Å². The number of carboxylic acids is 2. The molecule has 64 valence electrons. The summed E-state index contributed by atoms with van der Waals surface area (Å²) in [6.07, 6.45) is 0. The van der Waals surface area contributed by atoms with E-state index in [1.54, 1.807) is 0 Å². The number of hydrogen-bond acceptors (Lipinski definition) is 4. The molecule has 6 nitrogen and oxygen atoms in total. The minimum Gasteiger partial charge on any atom is -0.550 e. The van der Waals surface area contributed by atoms with E-state index >= 15 is 0 Å². The molecule has 0 bridgehead atoms. The van der Waals surface area contributed by atoms with Crippen LogP contribution in [0.1, 0.15) is 13.8 Å². The Hall–Kier alpha value is 0.120. The molecule has 0 radical (unpaired) electrons. The van der Waals surface area contributed by atoms with Crippen molar-refractivity contribution in [1.29, 1.82) is 0 Å². The topological polar surface area (TPSA) is 143 Å². The van der Waals surface area contributed by atoms with Crippen molar-refractivity contribution in [1.82, 2.24) is 0 Å². The second kappa shape index (κ2) is 22.5. The number of carbonyl (C=O) groups excluding carboxylic acids is 2. The van der Waals surface area contributed by atoms with Crippen LogP contribution in [-0.2, 0) is 9.59 Å². The molecule has 4 N–H and O–H groups in total. The zero-order valence-electron chi connectivity index (χ0n) is 6.34. The molecular weight excluding hydrogens is 184 g/mol. The number of carbonyl (C=O) groups is 2. The Morgan fingerprint density at radius 1 is 0.909 bits per heavy atom. The number of carboxylic acid groups (broad SMARTS) is 2. The summed E-state index contributed by atoms with van der Waals surface area (Å²) in [4.78, 5) is 17.8. The van der Waals surface area contributed by atoms with Crippen LogP contribution in [0.2, 0.25) is 0 Å². The minimum absolute atomic E-state index is 0. The molecule has 7 heteroatoms. The van der Waals surface area contributed by atoms with Gasteiger partial charge in [-0.1, -0.05) is 0 Å². The third-order valence-corrected chi connectivity index (χ3v) is 0. The molecule has 0 heterocycles. The molecular formula is C4H10CaO6. The Balaban J connectivity index is -0.0000000171. The van der Waals surface area contributed by atoms with E-state index in [9.17, 15) is 0 Å². The van der Waals surface area contributed by atoms with Gasteiger partial charge in [0.1, 0.15) is 0 Å². The van der Waals surface area contributed by atoms with Gasteiger partial charge in [-0.2, -0.15) is 0 Å². The third-order valence-electron chi connectivity index (χ3n) is 0. The van der Waals surface area contributed by atoms with Crippen LogP contribution < -0.4 is 10.2 Å². The van der Waals surface area contributed by atoms with Crippen LogP contribution in [0.3, 0.4) is 0 Å². The Labute approximate surface area is 93.8 Å². The first-order valence-electron chi connectivity index (χ1n) is 1.82. The smallest absolute Gasteiger partial charge is 0.550 e. The third kappa shape index (κ3) is 46500. The molecule has 0 aromatic heterocycles. The molecule has 0 saturated carbocycles. The van der Waals surface area contributed by atoms with Gasteiger partial charge in [0.2, 0.25) is 0 Å². The molecule has 0 unspecified atom stereocenters. The first-order chi connectivity index (χ1) is 3.46. The Morgan fingerprint density at radius 2 is 0.909 bits per heavy atom. The summed E-state index contributed by atoms with van der Waals surface area (Å²) in [7, 11) is 0. The van der Waals surface area contributed by atoms with Crippen LogP contribution >= 0.6 is 0 Å². The quantitative estimate of drug-likeness (QED) is 0.358.